The van der Waals surface area contributed by atoms with E-state index in [0.29, 0.717) is 0 Å². The topological polar surface area (TPSA) is 25.8 Å². The van der Waals surface area contributed by atoms with E-state index >= 15 is 0 Å². The lowest BCUT2D eigenvalue weighted by Gasteiger charge is -2.01. The normalized spacial score (nSPS) is 10.7. The van der Waals surface area contributed by atoms with Gasteiger partial charge in [0.05, 0.1) is 20.9 Å². The minimum Gasteiger partial charge on any atom is -0.255 e. The molecule has 2 heterocycles. The van der Waals surface area contributed by atoms with Crippen LogP contribution in [0.2, 0.25) is 0 Å². The molecule has 0 radical (unpaired) electrons. The summed E-state index contributed by atoms with van der Waals surface area (Å²) in [5.41, 5.74) is 5.62. The molecule has 0 aliphatic carbocycles. The van der Waals surface area contributed by atoms with Crippen molar-refractivity contribution in [1.82, 2.24) is 9.97 Å². The van der Waals surface area contributed by atoms with E-state index in [-0.39, 0.29) is 9.52 Å². The molecule has 0 saturated carbocycles. The number of allylic oxidation sites excluding steroid dienone is 1. The number of pyridine rings is 2. The maximum atomic E-state index is 4.47. The van der Waals surface area contributed by atoms with Crippen LogP contribution in [-0.4, -0.2) is 19.5 Å². The van der Waals surface area contributed by atoms with Crippen molar-refractivity contribution in [2.24, 2.45) is 0 Å². The van der Waals surface area contributed by atoms with E-state index in [2.05, 4.69) is 41.6 Å². The van der Waals surface area contributed by atoms with Gasteiger partial charge in [0.1, 0.15) is 0 Å². The van der Waals surface area contributed by atoms with E-state index in [1.165, 1.54) is 10.8 Å². The summed E-state index contributed by atoms with van der Waals surface area (Å²) in [6, 6.07) is 10.1. The number of hydrogen-bond donors (Lipinski definition) is 0. The van der Waals surface area contributed by atoms with Gasteiger partial charge < -0.3 is 0 Å². The Morgan fingerprint density at radius 1 is 1.06 bits per heavy atom. The average Bonchev–Trinajstić information content (AvgIpc) is 2.38. The Hall–Kier alpha value is -1.74. The Bertz CT molecular complexity index is 500. The van der Waals surface area contributed by atoms with Crippen LogP contribution in [0, 0.1) is 0 Å². The smallest absolute Gasteiger partial charge is 0.0886 e. The van der Waals surface area contributed by atoms with Gasteiger partial charge in [-0.25, -0.2) is 0 Å². The summed E-state index contributed by atoms with van der Waals surface area (Å²) in [6.45, 7) is 4.28. The lowest BCUT2D eigenvalue weighted by Crippen LogP contribution is -2.12. The third-order valence-electron chi connectivity index (χ3n) is 2.50. The molecule has 2 nitrogen and oxygen atoms in total. The summed E-state index contributed by atoms with van der Waals surface area (Å²) in [5.74, 6) is 0. The molecule has 3 heteroatoms. The molecule has 0 aliphatic rings. The highest BCUT2D eigenvalue weighted by Gasteiger charge is 1.99. The van der Waals surface area contributed by atoms with Crippen molar-refractivity contribution in [2.45, 2.75) is 13.8 Å². The second-order valence-corrected chi connectivity index (χ2v) is 5.89. The zero-order chi connectivity index (χ0) is 12.1. The molecule has 2 aromatic rings. The van der Waals surface area contributed by atoms with Crippen LogP contribution in [0.25, 0.3) is 11.4 Å². The zero-order valence-corrected chi connectivity index (χ0v) is 11.6. The van der Waals surface area contributed by atoms with Crippen LogP contribution in [0.3, 0.4) is 0 Å². The Morgan fingerprint density at radius 3 is 2.47 bits per heavy atom. The second-order valence-electron chi connectivity index (χ2n) is 4.25. The summed E-state index contributed by atoms with van der Waals surface area (Å²) in [4.78, 5) is 8.76. The molecule has 0 amide bonds. The third kappa shape index (κ3) is 3.36. The highest BCUT2D eigenvalue weighted by atomic mass is 28.2. The molecule has 2 aromatic heterocycles. The number of hydrogen-bond acceptors (Lipinski definition) is 2. The van der Waals surface area contributed by atoms with Gasteiger partial charge in [0.15, 0.2) is 0 Å². The fraction of sp³-hybridized carbons (Fsp3) is 0.143. The van der Waals surface area contributed by atoms with Gasteiger partial charge >= 0.3 is 0 Å². The van der Waals surface area contributed by atoms with Gasteiger partial charge in [-0.2, -0.15) is 0 Å². The molecule has 0 spiro atoms. The Morgan fingerprint density at radius 2 is 1.88 bits per heavy atom. The van der Waals surface area contributed by atoms with Crippen LogP contribution >= 0.6 is 0 Å². The molecular formula is C14H16N2Si. The summed E-state index contributed by atoms with van der Waals surface area (Å²) >= 11 is 0. The SMILES string of the molecule is CC(C)=C[SiH2]c1ccc(-c2ccccn2)nc1. The van der Waals surface area contributed by atoms with Crippen molar-refractivity contribution in [3.05, 3.63) is 54.0 Å². The quantitative estimate of drug-likeness (QED) is 0.765. The molecule has 86 valence electrons. The zero-order valence-electron chi connectivity index (χ0n) is 10.2. The number of aromatic nitrogens is 2. The van der Waals surface area contributed by atoms with E-state index in [1.54, 1.807) is 6.20 Å². The van der Waals surface area contributed by atoms with Crippen LogP contribution in [0.15, 0.2) is 54.0 Å². The molecule has 0 aliphatic heterocycles. The van der Waals surface area contributed by atoms with Crippen molar-refractivity contribution in [1.29, 1.82) is 0 Å². The van der Waals surface area contributed by atoms with Crippen molar-refractivity contribution in [3.63, 3.8) is 0 Å². The first-order valence-corrected chi connectivity index (χ1v) is 7.28. The van der Waals surface area contributed by atoms with E-state index in [1.807, 2.05) is 24.4 Å². The molecule has 2 rings (SSSR count). The van der Waals surface area contributed by atoms with Crippen molar-refractivity contribution < 1.29 is 0 Å². The summed E-state index contributed by atoms with van der Waals surface area (Å²) in [6.07, 6.45) is 3.78. The molecular weight excluding hydrogens is 224 g/mol. The van der Waals surface area contributed by atoms with E-state index in [9.17, 15) is 0 Å². The summed E-state index contributed by atoms with van der Waals surface area (Å²) < 4.78 is 0. The molecule has 0 saturated heterocycles. The van der Waals surface area contributed by atoms with E-state index in [4.69, 9.17) is 0 Å². The second kappa shape index (κ2) is 5.55. The third-order valence-corrected chi connectivity index (χ3v) is 4.41. The van der Waals surface area contributed by atoms with Gasteiger partial charge in [-0.3, -0.25) is 9.97 Å². The minimum atomic E-state index is -0.300. The Balaban J connectivity index is 2.16. The molecule has 0 bridgehead atoms. The van der Waals surface area contributed by atoms with Crippen LogP contribution < -0.4 is 5.19 Å². The lowest BCUT2D eigenvalue weighted by atomic mass is 10.2. The average molecular weight is 240 g/mol. The first-order chi connectivity index (χ1) is 8.25. The standard InChI is InChI=1S/C14H16N2Si/c1-11(2)10-17-12-6-7-14(16-9-12)13-5-3-4-8-15-13/h3-10H,17H2,1-2H3. The Kier molecular flexibility index (Phi) is 3.83. The van der Waals surface area contributed by atoms with Gasteiger partial charge in [-0.05, 0) is 37.2 Å². The lowest BCUT2D eigenvalue weighted by molar-refractivity contribution is 1.25. The number of rotatable bonds is 3. The first-order valence-electron chi connectivity index (χ1n) is 5.75. The van der Waals surface area contributed by atoms with Crippen LogP contribution in [0.5, 0.6) is 0 Å². The van der Waals surface area contributed by atoms with Gasteiger partial charge in [0.25, 0.3) is 0 Å². The molecule has 0 unspecified atom stereocenters. The monoisotopic (exact) mass is 240 g/mol. The highest BCUT2D eigenvalue weighted by molar-refractivity contribution is 6.58. The fourth-order valence-electron chi connectivity index (χ4n) is 1.53. The van der Waals surface area contributed by atoms with E-state index in [0.717, 1.165) is 11.4 Å². The summed E-state index contributed by atoms with van der Waals surface area (Å²) in [7, 11) is -0.300. The van der Waals surface area contributed by atoms with Crippen LogP contribution in [0.1, 0.15) is 13.8 Å². The number of nitrogens with zero attached hydrogens (tertiary/aromatic N) is 2. The molecule has 0 N–H and O–H groups in total. The van der Waals surface area contributed by atoms with E-state index < -0.39 is 0 Å². The van der Waals surface area contributed by atoms with Gasteiger partial charge in [-0.15, -0.1) is 0 Å². The first kappa shape index (κ1) is 11.7. The van der Waals surface area contributed by atoms with Gasteiger partial charge in [0.2, 0.25) is 0 Å². The highest BCUT2D eigenvalue weighted by Crippen LogP contribution is 2.10. The fourth-order valence-corrected chi connectivity index (χ4v) is 2.63. The predicted octanol–water partition coefficient (Wildman–Crippen LogP) is 1.86. The maximum absolute atomic E-state index is 4.47. The van der Waals surface area contributed by atoms with Crippen molar-refractivity contribution >= 4 is 14.7 Å². The molecule has 0 aromatic carbocycles. The van der Waals surface area contributed by atoms with Crippen molar-refractivity contribution in [2.75, 3.05) is 0 Å². The molecule has 17 heavy (non-hydrogen) atoms. The van der Waals surface area contributed by atoms with Gasteiger partial charge in [-0.1, -0.05) is 23.4 Å². The largest absolute Gasteiger partial charge is 0.255 e. The van der Waals surface area contributed by atoms with Gasteiger partial charge in [0, 0.05) is 12.4 Å². The summed E-state index contributed by atoms with van der Waals surface area (Å²) in [5, 5.41) is 1.37. The molecule has 0 atom stereocenters. The van der Waals surface area contributed by atoms with Crippen LogP contribution in [0.4, 0.5) is 0 Å². The van der Waals surface area contributed by atoms with Crippen molar-refractivity contribution in [3.8, 4) is 11.4 Å². The minimum absolute atomic E-state index is 0.300. The Labute approximate surface area is 104 Å². The molecule has 0 fully saturated rings. The maximum Gasteiger partial charge on any atom is 0.0886 e. The van der Waals surface area contributed by atoms with Crippen LogP contribution in [-0.2, 0) is 0 Å². The predicted molar refractivity (Wildman–Crippen MR) is 75.1 cm³/mol.